The fourth-order valence-corrected chi connectivity index (χ4v) is 4.11. The monoisotopic (exact) mass is 394 g/mol. The molecule has 1 atom stereocenters. The number of hydrogen-bond donors (Lipinski definition) is 2. The van der Waals surface area contributed by atoms with Crippen LogP contribution in [0.15, 0.2) is 4.52 Å². The molecule has 156 valence electrons. The van der Waals surface area contributed by atoms with E-state index in [-0.39, 0.29) is 30.0 Å². The highest BCUT2D eigenvalue weighted by atomic mass is 16.5. The smallest absolute Gasteiger partial charge is 0.295 e. The van der Waals surface area contributed by atoms with Gasteiger partial charge in [-0.25, -0.2) is 5.48 Å². The highest BCUT2D eigenvalue weighted by Gasteiger charge is 2.27. The molecule has 2 aliphatic rings. The van der Waals surface area contributed by atoms with Gasteiger partial charge in [0.05, 0.1) is 13.2 Å². The summed E-state index contributed by atoms with van der Waals surface area (Å²) < 4.78 is 10.6. The van der Waals surface area contributed by atoms with Crippen molar-refractivity contribution in [3.8, 4) is 0 Å². The molecule has 0 aromatic carbocycles. The van der Waals surface area contributed by atoms with Crippen LogP contribution in [0.1, 0.15) is 80.2 Å². The summed E-state index contributed by atoms with van der Waals surface area (Å²) in [7, 11) is 0. The molecule has 0 unspecified atom stereocenters. The number of hydroxylamine groups is 1. The number of morpholine rings is 1. The summed E-state index contributed by atoms with van der Waals surface area (Å²) in [6, 6.07) is 0. The predicted octanol–water partition coefficient (Wildman–Crippen LogP) is 2.27. The first-order chi connectivity index (χ1) is 13.7. The van der Waals surface area contributed by atoms with Crippen LogP contribution in [0.2, 0.25) is 0 Å². The molecule has 2 amide bonds. The minimum atomic E-state index is -0.498. The SMILES string of the molecule is O=C(C[C@H](CCCC1CCCCC1)c1nc(C(=O)N2CCOCC2)no1)NO. The van der Waals surface area contributed by atoms with Gasteiger partial charge in [-0.2, -0.15) is 4.98 Å². The van der Waals surface area contributed by atoms with E-state index in [4.69, 9.17) is 14.5 Å². The highest BCUT2D eigenvalue weighted by molar-refractivity contribution is 5.90. The Kier molecular flexibility index (Phi) is 7.79. The van der Waals surface area contributed by atoms with E-state index in [0.29, 0.717) is 32.7 Å². The van der Waals surface area contributed by atoms with Gasteiger partial charge in [0, 0.05) is 25.4 Å². The molecule has 2 fully saturated rings. The number of nitrogens with one attached hydrogen (secondary N) is 1. The first kappa shape index (κ1) is 20.7. The van der Waals surface area contributed by atoms with Crippen LogP contribution in [-0.4, -0.2) is 58.4 Å². The zero-order chi connectivity index (χ0) is 19.8. The Morgan fingerprint density at radius 1 is 1.21 bits per heavy atom. The van der Waals surface area contributed by atoms with E-state index >= 15 is 0 Å². The second-order valence-electron chi connectivity index (χ2n) is 7.73. The maximum Gasteiger partial charge on any atom is 0.295 e. The van der Waals surface area contributed by atoms with Crippen molar-refractivity contribution in [2.24, 2.45) is 5.92 Å². The third-order valence-corrected chi connectivity index (χ3v) is 5.73. The second-order valence-corrected chi connectivity index (χ2v) is 7.73. The molecule has 1 saturated heterocycles. The van der Waals surface area contributed by atoms with Gasteiger partial charge in [0.15, 0.2) is 0 Å². The van der Waals surface area contributed by atoms with Crippen LogP contribution in [0.5, 0.6) is 0 Å². The molecule has 0 bridgehead atoms. The molecule has 1 aromatic rings. The van der Waals surface area contributed by atoms with Gasteiger partial charge in [0.25, 0.3) is 11.7 Å². The topological polar surface area (TPSA) is 118 Å². The quantitative estimate of drug-likeness (QED) is 0.513. The number of carbonyl (C=O) groups is 2. The molecule has 0 radical (unpaired) electrons. The highest BCUT2D eigenvalue weighted by Crippen LogP contribution is 2.31. The van der Waals surface area contributed by atoms with Crippen molar-refractivity contribution in [1.29, 1.82) is 0 Å². The number of rotatable bonds is 8. The van der Waals surface area contributed by atoms with Gasteiger partial charge >= 0.3 is 0 Å². The van der Waals surface area contributed by atoms with Crippen molar-refractivity contribution < 1.29 is 24.1 Å². The fourth-order valence-electron chi connectivity index (χ4n) is 4.11. The molecule has 1 aromatic heterocycles. The summed E-state index contributed by atoms with van der Waals surface area (Å²) in [5.41, 5.74) is 1.67. The van der Waals surface area contributed by atoms with Crippen molar-refractivity contribution in [2.45, 2.75) is 63.7 Å². The Bertz CT molecular complexity index is 638. The van der Waals surface area contributed by atoms with Gasteiger partial charge in [-0.05, 0) is 12.3 Å². The van der Waals surface area contributed by atoms with E-state index in [1.807, 2.05) is 0 Å². The summed E-state index contributed by atoms with van der Waals surface area (Å²) >= 11 is 0. The summed E-state index contributed by atoms with van der Waals surface area (Å²) in [5, 5.41) is 12.7. The zero-order valence-electron chi connectivity index (χ0n) is 16.3. The van der Waals surface area contributed by atoms with Gasteiger partial charge in [0.2, 0.25) is 11.8 Å². The molecule has 0 spiro atoms. The first-order valence-electron chi connectivity index (χ1n) is 10.3. The summed E-state index contributed by atoms with van der Waals surface area (Å²) in [6.45, 7) is 1.99. The van der Waals surface area contributed by atoms with Crippen LogP contribution in [0, 0.1) is 5.92 Å². The van der Waals surface area contributed by atoms with E-state index in [2.05, 4.69) is 10.1 Å². The lowest BCUT2D eigenvalue weighted by Crippen LogP contribution is -2.41. The van der Waals surface area contributed by atoms with Gasteiger partial charge in [-0.15, -0.1) is 0 Å². The number of nitrogens with zero attached hydrogens (tertiary/aromatic N) is 3. The van der Waals surface area contributed by atoms with Crippen LogP contribution in [0.25, 0.3) is 0 Å². The normalized spacial score (nSPS) is 19.4. The van der Waals surface area contributed by atoms with E-state index in [0.717, 1.165) is 18.8 Å². The largest absolute Gasteiger partial charge is 0.378 e. The molecular weight excluding hydrogens is 364 g/mol. The summed E-state index contributed by atoms with van der Waals surface area (Å²) in [5.74, 6) is -0.0491. The summed E-state index contributed by atoms with van der Waals surface area (Å²) in [6.07, 6.45) is 9.31. The zero-order valence-corrected chi connectivity index (χ0v) is 16.3. The molecule has 9 nitrogen and oxygen atoms in total. The maximum absolute atomic E-state index is 12.5. The van der Waals surface area contributed by atoms with E-state index in [1.165, 1.54) is 32.1 Å². The average Bonchev–Trinajstić information content (AvgIpc) is 3.24. The van der Waals surface area contributed by atoms with E-state index in [9.17, 15) is 9.59 Å². The molecule has 1 saturated carbocycles. The molecular formula is C19H30N4O5. The van der Waals surface area contributed by atoms with E-state index < -0.39 is 5.91 Å². The van der Waals surface area contributed by atoms with Crippen molar-refractivity contribution in [3.05, 3.63) is 11.7 Å². The Hall–Kier alpha value is -2.00. The third-order valence-electron chi connectivity index (χ3n) is 5.73. The van der Waals surface area contributed by atoms with Crippen molar-refractivity contribution >= 4 is 11.8 Å². The Balaban J connectivity index is 1.59. The molecule has 28 heavy (non-hydrogen) atoms. The van der Waals surface area contributed by atoms with Gasteiger partial charge in [-0.1, -0.05) is 50.1 Å². The van der Waals surface area contributed by atoms with Crippen molar-refractivity contribution in [2.75, 3.05) is 26.3 Å². The lowest BCUT2D eigenvalue weighted by atomic mass is 9.84. The molecule has 1 aliphatic heterocycles. The Morgan fingerprint density at radius 2 is 1.96 bits per heavy atom. The lowest BCUT2D eigenvalue weighted by Gasteiger charge is -2.25. The number of ether oxygens (including phenoxy) is 1. The van der Waals surface area contributed by atoms with Gasteiger partial charge < -0.3 is 14.2 Å². The molecule has 2 heterocycles. The van der Waals surface area contributed by atoms with Crippen LogP contribution < -0.4 is 5.48 Å². The molecule has 3 rings (SSSR count). The number of hydrogen-bond acceptors (Lipinski definition) is 7. The Morgan fingerprint density at radius 3 is 2.68 bits per heavy atom. The molecule has 1 aliphatic carbocycles. The molecule has 9 heteroatoms. The average molecular weight is 394 g/mol. The minimum Gasteiger partial charge on any atom is -0.378 e. The number of carbonyl (C=O) groups excluding carboxylic acids is 2. The lowest BCUT2D eigenvalue weighted by molar-refractivity contribution is -0.129. The third kappa shape index (κ3) is 5.75. The predicted molar refractivity (Wildman–Crippen MR) is 98.7 cm³/mol. The van der Waals surface area contributed by atoms with Gasteiger partial charge in [-0.3, -0.25) is 14.8 Å². The first-order valence-corrected chi connectivity index (χ1v) is 10.3. The van der Waals surface area contributed by atoms with Gasteiger partial charge in [0.1, 0.15) is 0 Å². The van der Waals surface area contributed by atoms with Crippen LogP contribution in [-0.2, 0) is 9.53 Å². The number of amides is 2. The van der Waals surface area contributed by atoms with Crippen LogP contribution >= 0.6 is 0 Å². The fraction of sp³-hybridized carbons (Fsp3) is 0.789. The van der Waals surface area contributed by atoms with Crippen LogP contribution in [0.4, 0.5) is 0 Å². The minimum absolute atomic E-state index is 0.0126. The Labute approximate surface area is 164 Å². The maximum atomic E-state index is 12.5. The van der Waals surface area contributed by atoms with Crippen molar-refractivity contribution in [1.82, 2.24) is 20.5 Å². The molecule has 2 N–H and O–H groups in total. The van der Waals surface area contributed by atoms with Crippen LogP contribution in [0.3, 0.4) is 0 Å². The number of aromatic nitrogens is 2. The second kappa shape index (κ2) is 10.5. The standard InChI is InChI=1S/C19H30N4O5/c24-16(21-26)13-15(8-4-7-14-5-2-1-3-6-14)18-20-17(22-28-18)19(25)23-9-11-27-12-10-23/h14-15,26H,1-13H2,(H,21,24)/t15-/m0/s1. The summed E-state index contributed by atoms with van der Waals surface area (Å²) in [4.78, 5) is 30.1. The van der Waals surface area contributed by atoms with Crippen molar-refractivity contribution in [3.63, 3.8) is 0 Å². The van der Waals surface area contributed by atoms with E-state index in [1.54, 1.807) is 10.4 Å².